The first-order chi connectivity index (χ1) is 6.13. The zero-order valence-electron chi connectivity index (χ0n) is 8.58. The van der Waals surface area contributed by atoms with Gasteiger partial charge < -0.3 is 19.0 Å². The molecule has 1 aromatic rings. The molecule has 0 radical (unpaired) electrons. The van der Waals surface area contributed by atoms with Gasteiger partial charge in [0, 0.05) is 0 Å². The third-order valence-corrected chi connectivity index (χ3v) is 0.756. The molecule has 0 aromatic heterocycles. The van der Waals surface area contributed by atoms with E-state index >= 15 is 0 Å². The minimum atomic E-state index is -3.11. The van der Waals surface area contributed by atoms with Crippen LogP contribution in [0.15, 0.2) is 30.3 Å². The standard InChI is InChI=1S/C6H6O.CH2O.2Na.H2O3S/c7-6-4-2-1-3-5-6;1-2;;;1-4(2)3/h1-5,7H;1H2;;;(H2,1,2,3)/q;;2*+1;/p-2. The normalized spacial score (nSPS) is 6.60. The van der Waals surface area contributed by atoms with Crippen molar-refractivity contribution in [1.29, 1.82) is 0 Å². The average Bonchev–Trinajstić information content (AvgIpc) is 2.08. The molecule has 0 spiro atoms. The maximum atomic E-state index is 8.63. The van der Waals surface area contributed by atoms with E-state index in [9.17, 15) is 0 Å². The van der Waals surface area contributed by atoms with Gasteiger partial charge in [-0.1, -0.05) is 18.2 Å². The molecular formula is C7H8Na2O5S. The van der Waals surface area contributed by atoms with E-state index in [4.69, 9.17) is 23.2 Å². The molecule has 1 N–H and O–H groups in total. The first-order valence-electron chi connectivity index (χ1n) is 2.92. The van der Waals surface area contributed by atoms with Gasteiger partial charge in [0.1, 0.15) is 12.5 Å². The van der Waals surface area contributed by atoms with Gasteiger partial charge in [-0.25, -0.2) is 0 Å². The Balaban J connectivity index is -0.0000000674. The fraction of sp³-hybridized carbons (Fsp3) is 0. The van der Waals surface area contributed by atoms with Gasteiger partial charge in [0.25, 0.3) is 0 Å². The number of hydrogen-bond donors (Lipinski definition) is 1. The third kappa shape index (κ3) is 31.3. The van der Waals surface area contributed by atoms with Crippen LogP contribution in [0.25, 0.3) is 0 Å². The van der Waals surface area contributed by atoms with E-state index < -0.39 is 11.4 Å². The van der Waals surface area contributed by atoms with Crippen LogP contribution in [-0.2, 0) is 16.2 Å². The van der Waals surface area contributed by atoms with Gasteiger partial charge in [0.15, 0.2) is 0 Å². The summed E-state index contributed by atoms with van der Waals surface area (Å²) in [5.74, 6) is 0.322. The van der Waals surface area contributed by atoms with E-state index in [1.165, 1.54) is 0 Å². The maximum Gasteiger partial charge on any atom is 1.00 e. The Morgan fingerprint density at radius 2 is 1.33 bits per heavy atom. The van der Waals surface area contributed by atoms with Crippen molar-refractivity contribution in [3.8, 4) is 5.75 Å². The fourth-order valence-electron chi connectivity index (χ4n) is 0.428. The van der Waals surface area contributed by atoms with E-state index in [2.05, 4.69) is 0 Å². The SMILES string of the molecule is C=O.O=S([O-])[O-].Oc1ccccc1.[Na+].[Na+]. The van der Waals surface area contributed by atoms with Crippen LogP contribution < -0.4 is 59.1 Å². The van der Waals surface area contributed by atoms with E-state index in [0.29, 0.717) is 5.75 Å². The van der Waals surface area contributed by atoms with Gasteiger partial charge in [0.05, 0.1) is 0 Å². The first kappa shape index (κ1) is 24.8. The number of phenolic OH excluding ortho intramolecular Hbond substituents is 1. The average molecular weight is 250 g/mol. The fourth-order valence-corrected chi connectivity index (χ4v) is 0.428. The molecule has 0 bridgehead atoms. The Morgan fingerprint density at radius 1 is 1.07 bits per heavy atom. The first-order valence-corrected chi connectivity index (χ1v) is 3.92. The van der Waals surface area contributed by atoms with Crippen LogP contribution >= 0.6 is 0 Å². The van der Waals surface area contributed by atoms with E-state index in [-0.39, 0.29) is 59.1 Å². The van der Waals surface area contributed by atoms with Crippen molar-refractivity contribution in [3.63, 3.8) is 0 Å². The van der Waals surface area contributed by atoms with Crippen LogP contribution in [0.3, 0.4) is 0 Å². The summed E-state index contributed by atoms with van der Waals surface area (Å²) in [6.07, 6.45) is 0. The van der Waals surface area contributed by atoms with Crippen LogP contribution in [0.2, 0.25) is 0 Å². The van der Waals surface area contributed by atoms with E-state index in [1.54, 1.807) is 24.3 Å². The molecule has 15 heavy (non-hydrogen) atoms. The van der Waals surface area contributed by atoms with Crippen molar-refractivity contribution in [2.75, 3.05) is 0 Å². The van der Waals surface area contributed by atoms with Gasteiger partial charge in [-0.15, -0.1) is 11.4 Å². The number of carbonyl (C=O) groups is 1. The summed E-state index contributed by atoms with van der Waals surface area (Å²) in [6, 6.07) is 8.71. The summed E-state index contributed by atoms with van der Waals surface area (Å²) in [4.78, 5) is 8.00. The molecule has 5 nitrogen and oxygen atoms in total. The second-order valence-corrected chi connectivity index (χ2v) is 1.95. The molecule has 0 aliphatic rings. The Morgan fingerprint density at radius 3 is 1.47 bits per heavy atom. The van der Waals surface area contributed by atoms with E-state index in [1.807, 2.05) is 12.9 Å². The Bertz CT molecular complexity index is 230. The topological polar surface area (TPSA) is 100 Å². The van der Waals surface area contributed by atoms with Crippen molar-refractivity contribution < 1.29 is 82.3 Å². The molecule has 0 atom stereocenters. The predicted molar refractivity (Wildman–Crippen MR) is 44.9 cm³/mol. The molecule has 0 aliphatic carbocycles. The summed E-state index contributed by atoms with van der Waals surface area (Å²) in [6.45, 7) is 2.00. The predicted octanol–water partition coefficient (Wildman–Crippen LogP) is -5.79. The third-order valence-electron chi connectivity index (χ3n) is 0.756. The van der Waals surface area contributed by atoms with Crippen LogP contribution in [0.1, 0.15) is 0 Å². The van der Waals surface area contributed by atoms with Gasteiger partial charge in [0.2, 0.25) is 0 Å². The monoisotopic (exact) mass is 250 g/mol. The van der Waals surface area contributed by atoms with Crippen LogP contribution in [0.4, 0.5) is 0 Å². The van der Waals surface area contributed by atoms with Crippen LogP contribution in [-0.4, -0.2) is 25.2 Å². The molecule has 0 heterocycles. The van der Waals surface area contributed by atoms with Crippen molar-refractivity contribution in [2.45, 2.75) is 0 Å². The van der Waals surface area contributed by atoms with Crippen molar-refractivity contribution in [3.05, 3.63) is 30.3 Å². The Labute approximate surface area is 135 Å². The molecule has 0 unspecified atom stereocenters. The Hall–Kier alpha value is 0.760. The number of rotatable bonds is 0. The van der Waals surface area contributed by atoms with Gasteiger partial charge in [-0.3, -0.25) is 4.21 Å². The smallest absolute Gasteiger partial charge is 0.784 e. The van der Waals surface area contributed by atoms with Crippen molar-refractivity contribution >= 4 is 18.2 Å². The van der Waals surface area contributed by atoms with Crippen LogP contribution in [0.5, 0.6) is 5.75 Å². The van der Waals surface area contributed by atoms with Crippen LogP contribution in [0, 0.1) is 0 Å². The molecule has 1 aromatic carbocycles. The second-order valence-electron chi connectivity index (χ2n) is 1.54. The molecule has 0 amide bonds. The molecule has 0 saturated heterocycles. The molecular weight excluding hydrogens is 242 g/mol. The number of aromatic hydroxyl groups is 1. The minimum absolute atomic E-state index is 0. The molecule has 74 valence electrons. The summed E-state index contributed by atoms with van der Waals surface area (Å²) in [5, 5.41) is 8.63. The number of carbonyl (C=O) groups excluding carboxylic acids is 1. The number of hydrogen-bond acceptors (Lipinski definition) is 5. The number of phenols is 1. The van der Waals surface area contributed by atoms with Gasteiger partial charge in [-0.2, -0.15) is 0 Å². The number of para-hydroxylation sites is 1. The zero-order valence-corrected chi connectivity index (χ0v) is 13.4. The summed E-state index contributed by atoms with van der Waals surface area (Å²) in [7, 11) is 0. The Kier molecular flexibility index (Phi) is 33.4. The molecule has 0 aliphatic heterocycles. The summed E-state index contributed by atoms with van der Waals surface area (Å²) >= 11 is -3.11. The maximum absolute atomic E-state index is 8.63. The van der Waals surface area contributed by atoms with Gasteiger partial charge in [-0.05, 0) is 12.1 Å². The second kappa shape index (κ2) is 20.2. The van der Waals surface area contributed by atoms with E-state index in [0.717, 1.165) is 0 Å². The largest absolute Gasteiger partial charge is 1.00 e. The molecule has 0 saturated carbocycles. The van der Waals surface area contributed by atoms with Gasteiger partial charge >= 0.3 is 59.1 Å². The number of benzene rings is 1. The zero-order chi connectivity index (χ0) is 10.7. The minimum Gasteiger partial charge on any atom is -0.784 e. The quantitative estimate of drug-likeness (QED) is 0.365. The summed E-state index contributed by atoms with van der Waals surface area (Å²) in [5.41, 5.74) is 0. The van der Waals surface area contributed by atoms with Crippen molar-refractivity contribution in [1.82, 2.24) is 0 Å². The molecule has 1 rings (SSSR count). The molecule has 8 heteroatoms. The summed E-state index contributed by atoms with van der Waals surface area (Å²) < 4.78 is 25.3. The van der Waals surface area contributed by atoms with Crippen molar-refractivity contribution in [2.24, 2.45) is 0 Å². The molecule has 0 fully saturated rings.